The highest BCUT2D eigenvalue weighted by Gasteiger charge is 2.19. The number of ether oxygens (including phenoxy) is 1. The Labute approximate surface area is 154 Å². The van der Waals surface area contributed by atoms with E-state index in [9.17, 15) is 4.79 Å². The molecule has 1 atom stereocenters. The van der Waals surface area contributed by atoms with Crippen LogP contribution in [0.1, 0.15) is 49.7 Å². The number of amides is 1. The number of anilines is 2. The summed E-state index contributed by atoms with van der Waals surface area (Å²) in [4.78, 5) is 20.7. The summed E-state index contributed by atoms with van der Waals surface area (Å²) in [6, 6.07) is 9.78. The van der Waals surface area contributed by atoms with E-state index < -0.39 is 0 Å². The zero-order chi connectivity index (χ0) is 18.6. The lowest BCUT2D eigenvalue weighted by atomic mass is 9.86. The lowest BCUT2D eigenvalue weighted by Crippen LogP contribution is -2.32. The van der Waals surface area contributed by atoms with Crippen LogP contribution in [0.15, 0.2) is 36.7 Å². The molecule has 2 heterocycles. The summed E-state index contributed by atoms with van der Waals surface area (Å²) < 4.78 is 5.53. The predicted octanol–water partition coefficient (Wildman–Crippen LogP) is 3.43. The Morgan fingerprint density at radius 2 is 2.08 bits per heavy atom. The lowest BCUT2D eigenvalue weighted by molar-refractivity contribution is 0.0853. The monoisotopic (exact) mass is 354 g/mol. The van der Waals surface area contributed by atoms with Crippen LogP contribution in [0.25, 0.3) is 0 Å². The summed E-state index contributed by atoms with van der Waals surface area (Å²) in [6.45, 7) is 7.78. The maximum Gasteiger partial charge on any atom is 0.270 e. The van der Waals surface area contributed by atoms with Gasteiger partial charge in [0.2, 0.25) is 0 Å². The van der Waals surface area contributed by atoms with Crippen molar-refractivity contribution >= 4 is 17.4 Å². The number of nitrogens with one attached hydrogen (secondary N) is 2. The second kappa shape index (κ2) is 7.83. The van der Waals surface area contributed by atoms with Gasteiger partial charge in [-0.25, -0.2) is 9.97 Å². The van der Waals surface area contributed by atoms with Crippen LogP contribution in [0.4, 0.5) is 11.5 Å². The average molecular weight is 354 g/mol. The number of aromatic nitrogens is 2. The van der Waals surface area contributed by atoms with Gasteiger partial charge in [0.05, 0.1) is 6.10 Å². The topological polar surface area (TPSA) is 76.1 Å². The minimum atomic E-state index is -0.213. The van der Waals surface area contributed by atoms with Gasteiger partial charge in [-0.2, -0.15) is 0 Å². The van der Waals surface area contributed by atoms with Crippen molar-refractivity contribution in [3.8, 4) is 0 Å². The molecule has 138 valence electrons. The number of hydrogen-bond acceptors (Lipinski definition) is 5. The average Bonchev–Trinajstić information content (AvgIpc) is 3.13. The maximum absolute atomic E-state index is 12.3. The van der Waals surface area contributed by atoms with Crippen LogP contribution in [-0.2, 0) is 10.2 Å². The molecular formula is C20H26N4O2. The van der Waals surface area contributed by atoms with E-state index in [0.29, 0.717) is 18.1 Å². The number of hydrogen-bond donors (Lipinski definition) is 2. The fraction of sp³-hybridized carbons (Fsp3) is 0.450. The molecule has 26 heavy (non-hydrogen) atoms. The Kier molecular flexibility index (Phi) is 5.52. The molecule has 0 radical (unpaired) electrons. The van der Waals surface area contributed by atoms with E-state index in [1.54, 1.807) is 6.07 Å². The summed E-state index contributed by atoms with van der Waals surface area (Å²) in [5.41, 5.74) is 2.50. The van der Waals surface area contributed by atoms with Gasteiger partial charge in [0, 0.05) is 24.9 Å². The minimum Gasteiger partial charge on any atom is -0.376 e. The Morgan fingerprint density at radius 1 is 1.27 bits per heavy atom. The van der Waals surface area contributed by atoms with Crippen molar-refractivity contribution in [3.63, 3.8) is 0 Å². The highest BCUT2D eigenvalue weighted by molar-refractivity contribution is 5.93. The normalized spacial score (nSPS) is 17.1. The molecule has 2 aromatic rings. The molecule has 1 aliphatic heterocycles. The summed E-state index contributed by atoms with van der Waals surface area (Å²) in [5, 5.41) is 6.20. The second-order valence-electron chi connectivity index (χ2n) is 7.55. The third-order valence-corrected chi connectivity index (χ3v) is 4.41. The fourth-order valence-corrected chi connectivity index (χ4v) is 3.04. The molecule has 0 bridgehead atoms. The Balaban J connectivity index is 1.70. The second-order valence-corrected chi connectivity index (χ2v) is 7.55. The van der Waals surface area contributed by atoms with Gasteiger partial charge in [-0.15, -0.1) is 0 Å². The number of benzene rings is 1. The summed E-state index contributed by atoms with van der Waals surface area (Å²) in [6.07, 6.45) is 3.55. The van der Waals surface area contributed by atoms with Gasteiger partial charge < -0.3 is 15.4 Å². The third kappa shape index (κ3) is 4.58. The van der Waals surface area contributed by atoms with Gasteiger partial charge in [0.25, 0.3) is 5.91 Å². The largest absolute Gasteiger partial charge is 0.376 e. The van der Waals surface area contributed by atoms with Gasteiger partial charge in [-0.3, -0.25) is 4.79 Å². The van der Waals surface area contributed by atoms with Gasteiger partial charge in [-0.1, -0.05) is 39.0 Å². The first-order chi connectivity index (χ1) is 12.4. The highest BCUT2D eigenvalue weighted by atomic mass is 16.5. The Bertz CT molecular complexity index is 764. The van der Waals surface area contributed by atoms with Crippen molar-refractivity contribution in [2.45, 2.75) is 45.1 Å². The molecule has 0 aliphatic carbocycles. The minimum absolute atomic E-state index is 0.00187. The molecule has 1 aliphatic rings. The first-order valence-corrected chi connectivity index (χ1v) is 9.02. The Hall–Kier alpha value is -2.47. The smallest absolute Gasteiger partial charge is 0.270 e. The van der Waals surface area contributed by atoms with Gasteiger partial charge >= 0.3 is 0 Å². The molecule has 1 aromatic carbocycles. The van der Waals surface area contributed by atoms with E-state index in [1.165, 1.54) is 11.9 Å². The van der Waals surface area contributed by atoms with Crippen LogP contribution in [0.2, 0.25) is 0 Å². The van der Waals surface area contributed by atoms with Crippen molar-refractivity contribution in [1.29, 1.82) is 0 Å². The van der Waals surface area contributed by atoms with Crippen LogP contribution in [0.5, 0.6) is 0 Å². The fourth-order valence-electron chi connectivity index (χ4n) is 3.04. The lowest BCUT2D eigenvalue weighted by Gasteiger charge is -2.23. The van der Waals surface area contributed by atoms with Crippen LogP contribution >= 0.6 is 0 Å². The van der Waals surface area contributed by atoms with E-state index in [4.69, 9.17) is 4.74 Å². The van der Waals surface area contributed by atoms with Crippen LogP contribution in [-0.4, -0.2) is 35.1 Å². The molecular weight excluding hydrogens is 328 g/mol. The van der Waals surface area contributed by atoms with Crippen LogP contribution < -0.4 is 10.6 Å². The van der Waals surface area contributed by atoms with E-state index in [1.807, 2.05) is 18.2 Å². The van der Waals surface area contributed by atoms with Crippen LogP contribution in [0, 0.1) is 0 Å². The molecule has 0 spiro atoms. The third-order valence-electron chi connectivity index (χ3n) is 4.41. The molecule has 3 rings (SSSR count). The quantitative estimate of drug-likeness (QED) is 0.860. The standard InChI is InChI=1S/C20H26N4O2/c1-20(2,3)15-8-4-5-9-16(15)24-18-11-17(22-13-23-18)19(25)21-12-14-7-6-10-26-14/h4-5,8-9,11,13-14H,6-7,10,12H2,1-3H3,(H,21,25)(H,22,23,24). The van der Waals surface area contributed by atoms with Crippen molar-refractivity contribution in [2.75, 3.05) is 18.5 Å². The predicted molar refractivity (Wildman–Crippen MR) is 102 cm³/mol. The molecule has 1 saturated heterocycles. The molecule has 1 aromatic heterocycles. The number of para-hydroxylation sites is 1. The number of carbonyl (C=O) groups is 1. The number of carbonyl (C=O) groups excluding carboxylic acids is 1. The zero-order valence-corrected chi connectivity index (χ0v) is 15.6. The summed E-state index contributed by atoms with van der Waals surface area (Å²) >= 11 is 0. The van der Waals surface area contributed by atoms with Crippen molar-refractivity contribution < 1.29 is 9.53 Å². The van der Waals surface area contributed by atoms with E-state index in [-0.39, 0.29) is 17.4 Å². The first-order valence-electron chi connectivity index (χ1n) is 9.02. The molecule has 1 fully saturated rings. The van der Waals surface area contributed by atoms with Crippen molar-refractivity contribution in [1.82, 2.24) is 15.3 Å². The molecule has 1 unspecified atom stereocenters. The highest BCUT2D eigenvalue weighted by Crippen LogP contribution is 2.30. The van der Waals surface area contributed by atoms with Crippen LogP contribution in [0.3, 0.4) is 0 Å². The van der Waals surface area contributed by atoms with E-state index >= 15 is 0 Å². The van der Waals surface area contributed by atoms with Crippen molar-refractivity contribution in [3.05, 3.63) is 47.9 Å². The molecule has 0 saturated carbocycles. The van der Waals surface area contributed by atoms with Gasteiger partial charge in [-0.05, 0) is 29.9 Å². The van der Waals surface area contributed by atoms with E-state index in [2.05, 4.69) is 47.4 Å². The number of nitrogens with zero attached hydrogens (tertiary/aromatic N) is 2. The SMILES string of the molecule is CC(C)(C)c1ccccc1Nc1cc(C(=O)NCC2CCCO2)ncn1. The first kappa shape index (κ1) is 18.3. The molecule has 2 N–H and O–H groups in total. The van der Waals surface area contributed by atoms with Gasteiger partial charge in [0.1, 0.15) is 17.8 Å². The zero-order valence-electron chi connectivity index (χ0n) is 15.6. The molecule has 6 nitrogen and oxygen atoms in total. The van der Waals surface area contributed by atoms with Crippen molar-refractivity contribution in [2.24, 2.45) is 0 Å². The molecule has 6 heteroatoms. The maximum atomic E-state index is 12.3. The van der Waals surface area contributed by atoms with E-state index in [0.717, 1.165) is 25.1 Å². The number of rotatable bonds is 5. The summed E-state index contributed by atoms with van der Waals surface area (Å²) in [7, 11) is 0. The van der Waals surface area contributed by atoms with Gasteiger partial charge in [0.15, 0.2) is 0 Å². The Morgan fingerprint density at radius 3 is 2.81 bits per heavy atom. The summed E-state index contributed by atoms with van der Waals surface area (Å²) in [5.74, 6) is 0.383. The molecule has 1 amide bonds.